The average molecular weight is 369 g/mol. The first-order valence-electron chi connectivity index (χ1n) is 7.20. The Kier molecular flexibility index (Phi) is 5.60. The van der Waals surface area contributed by atoms with Crippen molar-refractivity contribution in [2.24, 2.45) is 0 Å². The second-order valence-electron chi connectivity index (χ2n) is 5.09. The standard InChI is InChI=1S/C15H14F3N5O3/c1-8(24)20-9-2-4-10(5-3-9)21-12-6-11(15(16,17)18)22-14(23-12)19-7-13(25)26/h2-6H,7H2,1H3,(H,20,24)(H,25,26)(H2,19,21,22,23). The smallest absolute Gasteiger partial charge is 0.433 e. The maximum absolute atomic E-state index is 13.0. The summed E-state index contributed by atoms with van der Waals surface area (Å²) in [5.74, 6) is -2.17. The quantitative estimate of drug-likeness (QED) is 0.619. The Balaban J connectivity index is 2.25. The molecular weight excluding hydrogens is 355 g/mol. The first kappa shape index (κ1) is 19.0. The fraction of sp³-hybridized carbons (Fsp3) is 0.200. The van der Waals surface area contributed by atoms with E-state index in [4.69, 9.17) is 5.11 Å². The molecule has 4 N–H and O–H groups in total. The molecule has 11 heteroatoms. The third kappa shape index (κ3) is 5.61. The zero-order valence-corrected chi connectivity index (χ0v) is 13.4. The van der Waals surface area contributed by atoms with Crippen molar-refractivity contribution >= 4 is 35.0 Å². The fourth-order valence-electron chi connectivity index (χ4n) is 1.88. The highest BCUT2D eigenvalue weighted by atomic mass is 19.4. The van der Waals surface area contributed by atoms with Crippen molar-refractivity contribution in [1.82, 2.24) is 9.97 Å². The molecular formula is C15H14F3N5O3. The van der Waals surface area contributed by atoms with Crippen LogP contribution in [0.5, 0.6) is 0 Å². The molecule has 8 nitrogen and oxygen atoms in total. The third-order valence-corrected chi connectivity index (χ3v) is 2.89. The van der Waals surface area contributed by atoms with E-state index in [1.165, 1.54) is 19.1 Å². The number of anilines is 4. The number of carboxylic acids is 1. The van der Waals surface area contributed by atoms with E-state index in [-0.39, 0.29) is 11.7 Å². The van der Waals surface area contributed by atoms with Gasteiger partial charge in [-0.15, -0.1) is 0 Å². The van der Waals surface area contributed by atoms with E-state index in [1.807, 2.05) is 0 Å². The van der Waals surface area contributed by atoms with Gasteiger partial charge in [0.2, 0.25) is 11.9 Å². The number of rotatable bonds is 6. The summed E-state index contributed by atoms with van der Waals surface area (Å²) in [6.45, 7) is 0.712. The predicted molar refractivity (Wildman–Crippen MR) is 87.2 cm³/mol. The molecule has 0 saturated heterocycles. The molecule has 1 aromatic heterocycles. The lowest BCUT2D eigenvalue weighted by atomic mass is 10.2. The van der Waals surface area contributed by atoms with Crippen molar-refractivity contribution < 1.29 is 27.9 Å². The Morgan fingerprint density at radius 2 is 1.73 bits per heavy atom. The number of hydrogen-bond acceptors (Lipinski definition) is 6. The second-order valence-corrected chi connectivity index (χ2v) is 5.09. The van der Waals surface area contributed by atoms with Crippen LogP contribution in [0.15, 0.2) is 30.3 Å². The lowest BCUT2D eigenvalue weighted by molar-refractivity contribution is -0.141. The predicted octanol–water partition coefficient (Wildman–Crippen LogP) is 2.69. The van der Waals surface area contributed by atoms with Crippen LogP contribution in [0.4, 0.5) is 36.3 Å². The number of nitrogens with zero attached hydrogens (tertiary/aromatic N) is 2. The molecule has 0 aliphatic carbocycles. The Hall–Kier alpha value is -3.37. The summed E-state index contributed by atoms with van der Waals surface area (Å²) in [7, 11) is 0. The van der Waals surface area contributed by atoms with Crippen LogP contribution in [0.3, 0.4) is 0 Å². The highest BCUT2D eigenvalue weighted by Gasteiger charge is 2.33. The average Bonchev–Trinajstić information content (AvgIpc) is 2.53. The van der Waals surface area contributed by atoms with Gasteiger partial charge in [-0.2, -0.15) is 18.2 Å². The molecule has 2 rings (SSSR count). The molecule has 138 valence electrons. The lowest BCUT2D eigenvalue weighted by Gasteiger charge is -2.12. The minimum absolute atomic E-state index is 0.174. The van der Waals surface area contributed by atoms with Gasteiger partial charge in [-0.05, 0) is 24.3 Å². The monoisotopic (exact) mass is 369 g/mol. The van der Waals surface area contributed by atoms with E-state index in [2.05, 4.69) is 25.9 Å². The lowest BCUT2D eigenvalue weighted by Crippen LogP contribution is -2.17. The topological polar surface area (TPSA) is 116 Å². The van der Waals surface area contributed by atoms with E-state index in [1.54, 1.807) is 12.1 Å². The zero-order valence-electron chi connectivity index (χ0n) is 13.4. The van der Waals surface area contributed by atoms with Crippen LogP contribution < -0.4 is 16.0 Å². The van der Waals surface area contributed by atoms with Gasteiger partial charge in [-0.1, -0.05) is 0 Å². The van der Waals surface area contributed by atoms with E-state index in [0.29, 0.717) is 17.4 Å². The normalized spacial score (nSPS) is 10.9. The molecule has 1 heterocycles. The van der Waals surface area contributed by atoms with Crippen LogP contribution in [0.2, 0.25) is 0 Å². The maximum atomic E-state index is 13.0. The number of aromatic nitrogens is 2. The maximum Gasteiger partial charge on any atom is 0.433 e. The van der Waals surface area contributed by atoms with E-state index in [0.717, 1.165) is 0 Å². The second kappa shape index (κ2) is 7.68. The van der Waals surface area contributed by atoms with Crippen LogP contribution >= 0.6 is 0 Å². The van der Waals surface area contributed by atoms with Gasteiger partial charge in [0, 0.05) is 24.4 Å². The number of carboxylic acid groups (broad SMARTS) is 1. The number of alkyl halides is 3. The highest BCUT2D eigenvalue weighted by Crippen LogP contribution is 2.30. The minimum atomic E-state index is -4.73. The highest BCUT2D eigenvalue weighted by molar-refractivity contribution is 5.88. The van der Waals surface area contributed by atoms with Crippen molar-refractivity contribution in [2.45, 2.75) is 13.1 Å². The largest absolute Gasteiger partial charge is 0.480 e. The molecule has 0 fully saturated rings. The van der Waals surface area contributed by atoms with E-state index in [9.17, 15) is 22.8 Å². The molecule has 0 aliphatic heterocycles. The minimum Gasteiger partial charge on any atom is -0.480 e. The van der Waals surface area contributed by atoms with Crippen molar-refractivity contribution in [1.29, 1.82) is 0 Å². The van der Waals surface area contributed by atoms with Gasteiger partial charge in [0.05, 0.1) is 0 Å². The number of halogens is 3. The molecule has 0 radical (unpaired) electrons. The van der Waals surface area contributed by atoms with Crippen LogP contribution in [0, 0.1) is 0 Å². The molecule has 26 heavy (non-hydrogen) atoms. The van der Waals surface area contributed by atoms with Crippen LogP contribution in [0.25, 0.3) is 0 Å². The van der Waals surface area contributed by atoms with Gasteiger partial charge in [0.1, 0.15) is 12.4 Å². The summed E-state index contributed by atoms with van der Waals surface area (Å²) in [5, 5.41) is 16.0. The van der Waals surface area contributed by atoms with Gasteiger partial charge in [0.15, 0.2) is 5.69 Å². The Labute approximate surface area is 145 Å². The van der Waals surface area contributed by atoms with Gasteiger partial charge < -0.3 is 21.1 Å². The number of amides is 1. The Morgan fingerprint density at radius 1 is 1.12 bits per heavy atom. The Bertz CT molecular complexity index is 809. The molecule has 0 bridgehead atoms. The van der Waals surface area contributed by atoms with Crippen LogP contribution in [-0.4, -0.2) is 33.5 Å². The van der Waals surface area contributed by atoms with Crippen molar-refractivity contribution in [3.8, 4) is 0 Å². The molecule has 0 unspecified atom stereocenters. The number of nitrogens with one attached hydrogen (secondary N) is 3. The number of carbonyl (C=O) groups excluding carboxylic acids is 1. The van der Waals surface area contributed by atoms with Crippen molar-refractivity contribution in [3.05, 3.63) is 36.0 Å². The number of benzene rings is 1. The number of aliphatic carboxylic acids is 1. The molecule has 0 aliphatic rings. The van der Waals surface area contributed by atoms with E-state index >= 15 is 0 Å². The van der Waals surface area contributed by atoms with Gasteiger partial charge >= 0.3 is 12.1 Å². The third-order valence-electron chi connectivity index (χ3n) is 2.89. The summed E-state index contributed by atoms with van der Waals surface area (Å²) in [6, 6.07) is 6.88. The Morgan fingerprint density at radius 3 is 2.27 bits per heavy atom. The fourth-order valence-corrected chi connectivity index (χ4v) is 1.88. The van der Waals surface area contributed by atoms with Gasteiger partial charge in [-0.3, -0.25) is 9.59 Å². The summed E-state index contributed by atoms with van der Waals surface area (Å²) >= 11 is 0. The molecule has 0 spiro atoms. The summed E-state index contributed by atoms with van der Waals surface area (Å²) in [4.78, 5) is 28.6. The number of carbonyl (C=O) groups is 2. The number of hydrogen-bond donors (Lipinski definition) is 4. The van der Waals surface area contributed by atoms with E-state index < -0.39 is 30.3 Å². The van der Waals surface area contributed by atoms with Crippen molar-refractivity contribution in [3.63, 3.8) is 0 Å². The molecule has 1 amide bonds. The first-order valence-corrected chi connectivity index (χ1v) is 7.20. The molecule has 2 aromatic rings. The molecule has 0 atom stereocenters. The van der Waals surface area contributed by atoms with Crippen LogP contribution in [-0.2, 0) is 15.8 Å². The van der Waals surface area contributed by atoms with Gasteiger partial charge in [0.25, 0.3) is 0 Å². The first-order chi connectivity index (χ1) is 12.1. The van der Waals surface area contributed by atoms with Gasteiger partial charge in [-0.25, -0.2) is 4.98 Å². The zero-order chi connectivity index (χ0) is 19.3. The van der Waals surface area contributed by atoms with Crippen LogP contribution in [0.1, 0.15) is 12.6 Å². The molecule has 0 saturated carbocycles. The summed E-state index contributed by atoms with van der Waals surface area (Å²) in [5.41, 5.74) is -0.293. The van der Waals surface area contributed by atoms with Crippen molar-refractivity contribution in [2.75, 3.05) is 22.5 Å². The molecule has 1 aromatic carbocycles. The summed E-state index contributed by atoms with van der Waals surface area (Å²) in [6.07, 6.45) is -4.73. The SMILES string of the molecule is CC(=O)Nc1ccc(Nc2cc(C(F)(F)F)nc(NCC(=O)O)n2)cc1. The summed E-state index contributed by atoms with van der Waals surface area (Å²) < 4.78 is 38.9.